The molecule has 1 aromatic rings. The van der Waals surface area contributed by atoms with E-state index in [9.17, 15) is 9.18 Å². The third-order valence-corrected chi connectivity index (χ3v) is 1.83. The molecule has 0 aromatic carbocycles. The van der Waals surface area contributed by atoms with Gasteiger partial charge in [-0.1, -0.05) is 20.8 Å². The number of hydrogen-bond donors (Lipinski definition) is 0. The Balaban J connectivity index is 2.71. The second-order valence-electron chi connectivity index (χ2n) is 4.17. The highest BCUT2D eigenvalue weighted by Crippen LogP contribution is 2.16. The first-order valence-corrected chi connectivity index (χ1v) is 4.39. The van der Waals surface area contributed by atoms with Crippen molar-refractivity contribution in [1.29, 1.82) is 0 Å². The first-order chi connectivity index (χ1) is 6.39. The Kier molecular flexibility index (Phi) is 2.93. The van der Waals surface area contributed by atoms with Crippen LogP contribution in [0.25, 0.3) is 0 Å². The Hall–Kier alpha value is -1.32. The number of Topliss-reactive ketones (excluding diaryl/α,β-unsaturated/α-hetero) is 1. The van der Waals surface area contributed by atoms with Crippen LogP contribution in [0.4, 0.5) is 4.39 Å². The Morgan fingerprint density at radius 2 is 1.86 bits per heavy atom. The average molecular weight is 196 g/mol. The summed E-state index contributed by atoms with van der Waals surface area (Å²) in [6.07, 6.45) is 2.29. The van der Waals surface area contributed by atoms with E-state index >= 15 is 0 Å². The molecule has 1 rings (SSSR count). The molecule has 0 saturated heterocycles. The molecule has 0 aliphatic rings. The van der Waals surface area contributed by atoms with Crippen LogP contribution in [0.5, 0.6) is 0 Å². The zero-order valence-corrected chi connectivity index (χ0v) is 8.54. The number of aromatic nitrogens is 2. The van der Waals surface area contributed by atoms with Crippen LogP contribution < -0.4 is 0 Å². The Labute approximate surface area is 82.4 Å². The fourth-order valence-electron chi connectivity index (χ4n) is 0.839. The lowest BCUT2D eigenvalue weighted by atomic mass is 9.89. The predicted octanol–water partition coefficient (Wildman–Crippen LogP) is 1.77. The average Bonchev–Trinajstić information content (AvgIpc) is 2.07. The molecule has 1 aromatic heterocycles. The first kappa shape index (κ1) is 10.8. The Bertz CT molecular complexity index is 327. The largest absolute Gasteiger partial charge is 0.299 e. The SMILES string of the molecule is CC(C)(C)C(=O)Cc1ncc(F)cn1. The van der Waals surface area contributed by atoms with Crippen molar-refractivity contribution in [1.82, 2.24) is 9.97 Å². The molecule has 76 valence electrons. The van der Waals surface area contributed by atoms with Gasteiger partial charge in [0.25, 0.3) is 0 Å². The van der Waals surface area contributed by atoms with Crippen molar-refractivity contribution in [2.45, 2.75) is 27.2 Å². The van der Waals surface area contributed by atoms with Crippen molar-refractivity contribution < 1.29 is 9.18 Å². The van der Waals surface area contributed by atoms with Crippen LogP contribution in [0.1, 0.15) is 26.6 Å². The lowest BCUT2D eigenvalue weighted by Gasteiger charge is -2.15. The summed E-state index contributed by atoms with van der Waals surface area (Å²) in [5, 5.41) is 0. The lowest BCUT2D eigenvalue weighted by Crippen LogP contribution is -2.23. The first-order valence-electron chi connectivity index (χ1n) is 4.39. The topological polar surface area (TPSA) is 42.9 Å². The van der Waals surface area contributed by atoms with Crippen molar-refractivity contribution >= 4 is 5.78 Å². The molecule has 14 heavy (non-hydrogen) atoms. The zero-order chi connectivity index (χ0) is 10.8. The molecule has 0 spiro atoms. The van der Waals surface area contributed by atoms with E-state index in [0.29, 0.717) is 5.82 Å². The quantitative estimate of drug-likeness (QED) is 0.724. The van der Waals surface area contributed by atoms with E-state index in [2.05, 4.69) is 9.97 Å². The third-order valence-electron chi connectivity index (χ3n) is 1.83. The second kappa shape index (κ2) is 3.82. The molecule has 0 unspecified atom stereocenters. The van der Waals surface area contributed by atoms with Gasteiger partial charge in [-0.3, -0.25) is 4.79 Å². The number of rotatable bonds is 2. The smallest absolute Gasteiger partial charge is 0.159 e. The molecule has 0 radical (unpaired) electrons. The van der Waals surface area contributed by atoms with Gasteiger partial charge >= 0.3 is 0 Å². The summed E-state index contributed by atoms with van der Waals surface area (Å²) in [4.78, 5) is 19.0. The van der Waals surface area contributed by atoms with Gasteiger partial charge in [-0.2, -0.15) is 0 Å². The zero-order valence-electron chi connectivity index (χ0n) is 8.54. The molecule has 0 N–H and O–H groups in total. The van der Waals surface area contributed by atoms with E-state index in [0.717, 1.165) is 12.4 Å². The fourth-order valence-corrected chi connectivity index (χ4v) is 0.839. The molecule has 4 heteroatoms. The molecule has 0 aliphatic carbocycles. The van der Waals surface area contributed by atoms with Crippen LogP contribution in [0.15, 0.2) is 12.4 Å². The molecular formula is C10H13FN2O. The van der Waals surface area contributed by atoms with Gasteiger partial charge < -0.3 is 0 Å². The van der Waals surface area contributed by atoms with Crippen molar-refractivity contribution in [3.63, 3.8) is 0 Å². The van der Waals surface area contributed by atoms with Crippen LogP contribution in [-0.2, 0) is 11.2 Å². The van der Waals surface area contributed by atoms with E-state index < -0.39 is 11.2 Å². The number of hydrogen-bond acceptors (Lipinski definition) is 3. The van der Waals surface area contributed by atoms with Crippen molar-refractivity contribution in [3.05, 3.63) is 24.0 Å². The Morgan fingerprint density at radius 3 is 2.29 bits per heavy atom. The van der Waals surface area contributed by atoms with Crippen molar-refractivity contribution in [2.24, 2.45) is 5.41 Å². The minimum atomic E-state index is -0.489. The highest BCUT2D eigenvalue weighted by molar-refractivity contribution is 5.85. The number of carbonyl (C=O) groups is 1. The van der Waals surface area contributed by atoms with Gasteiger partial charge in [-0.25, -0.2) is 14.4 Å². The second-order valence-corrected chi connectivity index (χ2v) is 4.17. The molecule has 0 saturated carbocycles. The molecular weight excluding hydrogens is 183 g/mol. The molecule has 0 aliphatic heterocycles. The van der Waals surface area contributed by atoms with Gasteiger partial charge in [0.2, 0.25) is 0 Å². The van der Waals surface area contributed by atoms with E-state index in [-0.39, 0.29) is 12.2 Å². The van der Waals surface area contributed by atoms with Crippen molar-refractivity contribution in [3.8, 4) is 0 Å². The van der Waals surface area contributed by atoms with Gasteiger partial charge in [-0.05, 0) is 0 Å². The summed E-state index contributed by atoms with van der Waals surface area (Å²) in [7, 11) is 0. The van der Waals surface area contributed by atoms with Crippen LogP contribution >= 0.6 is 0 Å². The molecule has 0 atom stereocenters. The minimum Gasteiger partial charge on any atom is -0.299 e. The van der Waals surface area contributed by atoms with E-state index in [1.807, 2.05) is 20.8 Å². The van der Waals surface area contributed by atoms with Gasteiger partial charge in [0.05, 0.1) is 18.8 Å². The molecule has 0 amide bonds. The summed E-state index contributed by atoms with van der Waals surface area (Å²) in [6.45, 7) is 5.50. The van der Waals surface area contributed by atoms with E-state index in [4.69, 9.17) is 0 Å². The molecule has 1 heterocycles. The molecule has 0 bridgehead atoms. The Morgan fingerprint density at radius 1 is 1.36 bits per heavy atom. The summed E-state index contributed by atoms with van der Waals surface area (Å²) >= 11 is 0. The predicted molar refractivity (Wildman–Crippen MR) is 50.2 cm³/mol. The number of nitrogens with zero attached hydrogens (tertiary/aromatic N) is 2. The van der Waals surface area contributed by atoms with Gasteiger partial charge in [0.1, 0.15) is 11.6 Å². The van der Waals surface area contributed by atoms with Crippen LogP contribution in [0.2, 0.25) is 0 Å². The van der Waals surface area contributed by atoms with Crippen LogP contribution in [0.3, 0.4) is 0 Å². The lowest BCUT2D eigenvalue weighted by molar-refractivity contribution is -0.125. The maximum atomic E-state index is 12.4. The maximum absolute atomic E-state index is 12.4. The monoisotopic (exact) mass is 196 g/mol. The fraction of sp³-hybridized carbons (Fsp3) is 0.500. The highest BCUT2D eigenvalue weighted by Gasteiger charge is 2.21. The van der Waals surface area contributed by atoms with E-state index in [1.165, 1.54) is 0 Å². The summed E-state index contributed by atoms with van der Waals surface area (Å²) in [6, 6.07) is 0. The summed E-state index contributed by atoms with van der Waals surface area (Å²) in [5.41, 5.74) is -0.405. The van der Waals surface area contributed by atoms with E-state index in [1.54, 1.807) is 0 Å². The number of carbonyl (C=O) groups excluding carboxylic acids is 1. The normalized spacial score (nSPS) is 11.4. The number of ketones is 1. The van der Waals surface area contributed by atoms with Crippen molar-refractivity contribution in [2.75, 3.05) is 0 Å². The highest BCUT2D eigenvalue weighted by atomic mass is 19.1. The standard InChI is InChI=1S/C10H13FN2O/c1-10(2,3)8(14)4-9-12-5-7(11)6-13-9/h5-6H,4H2,1-3H3. The van der Waals surface area contributed by atoms with Gasteiger partial charge in [-0.15, -0.1) is 0 Å². The third kappa shape index (κ3) is 2.87. The number of halogens is 1. The molecule has 3 nitrogen and oxygen atoms in total. The minimum absolute atomic E-state index is 0.0455. The van der Waals surface area contributed by atoms with Gasteiger partial charge in [0.15, 0.2) is 5.82 Å². The summed E-state index contributed by atoms with van der Waals surface area (Å²) < 4.78 is 12.4. The molecule has 0 fully saturated rings. The maximum Gasteiger partial charge on any atom is 0.159 e. The summed E-state index contributed by atoms with van der Waals surface area (Å²) in [5.74, 6) is -0.0765. The van der Waals surface area contributed by atoms with Crippen LogP contribution in [-0.4, -0.2) is 15.8 Å². The van der Waals surface area contributed by atoms with Gasteiger partial charge in [0, 0.05) is 5.41 Å². The van der Waals surface area contributed by atoms with Crippen LogP contribution in [0, 0.1) is 11.2 Å².